The van der Waals surface area contributed by atoms with E-state index in [4.69, 9.17) is 4.74 Å². The zero-order valence-corrected chi connectivity index (χ0v) is 19.1. The van der Waals surface area contributed by atoms with Crippen LogP contribution >= 0.6 is 12.4 Å². The molecule has 0 saturated carbocycles. The molecule has 0 unspecified atom stereocenters. The van der Waals surface area contributed by atoms with Crippen molar-refractivity contribution in [2.45, 2.75) is 12.5 Å². The monoisotopic (exact) mass is 444 g/mol. The SMILES string of the molecule is COC(=O)c1ccc(OC[C@H](O)C[N+](C)(C)CCc2ccc3ccccc3c2)cc1.Cl. The van der Waals surface area contributed by atoms with Gasteiger partial charge in [0.2, 0.25) is 0 Å². The molecule has 0 aliphatic rings. The van der Waals surface area contributed by atoms with Gasteiger partial charge in [0.15, 0.2) is 0 Å². The number of ether oxygens (including phenoxy) is 2. The number of methoxy groups -OCH3 is 1. The number of rotatable bonds is 9. The predicted molar refractivity (Wildman–Crippen MR) is 126 cm³/mol. The highest BCUT2D eigenvalue weighted by atomic mass is 35.5. The quantitative estimate of drug-likeness (QED) is 0.398. The molecular weight excluding hydrogens is 414 g/mol. The molecule has 0 aliphatic carbocycles. The second kappa shape index (κ2) is 11.1. The van der Waals surface area contributed by atoms with Crippen molar-refractivity contribution in [3.05, 3.63) is 77.9 Å². The maximum Gasteiger partial charge on any atom is 0.337 e. The number of benzene rings is 3. The van der Waals surface area contributed by atoms with E-state index in [9.17, 15) is 9.90 Å². The van der Waals surface area contributed by atoms with Gasteiger partial charge in [0, 0.05) is 6.42 Å². The molecule has 31 heavy (non-hydrogen) atoms. The van der Waals surface area contributed by atoms with Gasteiger partial charge in [-0.05, 0) is 40.6 Å². The Morgan fingerprint density at radius 2 is 1.68 bits per heavy atom. The van der Waals surface area contributed by atoms with E-state index in [1.807, 2.05) is 0 Å². The van der Waals surface area contributed by atoms with Crippen LogP contribution in [0.4, 0.5) is 0 Å². The summed E-state index contributed by atoms with van der Waals surface area (Å²) in [6, 6.07) is 21.7. The van der Waals surface area contributed by atoms with Gasteiger partial charge in [-0.1, -0.05) is 42.5 Å². The highest BCUT2D eigenvalue weighted by Crippen LogP contribution is 2.17. The lowest BCUT2D eigenvalue weighted by Crippen LogP contribution is -2.48. The number of fused-ring (bicyclic) bond motifs is 1. The normalized spacial score (nSPS) is 12.1. The number of nitrogens with zero attached hydrogens (tertiary/aromatic N) is 1. The first-order valence-electron chi connectivity index (χ1n) is 10.2. The Labute approximate surface area is 190 Å². The molecule has 1 N–H and O–H groups in total. The highest BCUT2D eigenvalue weighted by Gasteiger charge is 2.21. The first-order chi connectivity index (χ1) is 14.4. The standard InChI is InChI=1S/C25H30NO4.ClH/c1-26(2,15-14-19-8-9-20-6-4-5-7-22(20)16-19)17-23(27)18-30-24-12-10-21(11-13-24)25(28)29-3;/h4-13,16,23,27H,14-15,17-18H2,1-3H3;1H/q+1;/t23-;/m1./s1. The van der Waals surface area contributed by atoms with E-state index in [2.05, 4.69) is 61.3 Å². The number of aliphatic hydroxyl groups excluding tert-OH is 1. The third kappa shape index (κ3) is 7.24. The molecule has 0 aromatic heterocycles. The third-order valence-electron chi connectivity index (χ3n) is 5.24. The van der Waals surface area contributed by atoms with E-state index in [0.29, 0.717) is 22.3 Å². The van der Waals surface area contributed by atoms with Gasteiger partial charge in [0.25, 0.3) is 0 Å². The van der Waals surface area contributed by atoms with Crippen LogP contribution < -0.4 is 4.74 Å². The number of aliphatic hydroxyl groups is 1. The van der Waals surface area contributed by atoms with Gasteiger partial charge in [-0.25, -0.2) is 4.79 Å². The Kier molecular flexibility index (Phi) is 8.87. The maximum atomic E-state index is 11.5. The summed E-state index contributed by atoms with van der Waals surface area (Å²) in [5, 5.41) is 13.0. The zero-order chi connectivity index (χ0) is 21.6. The van der Waals surface area contributed by atoms with Crippen LogP contribution in [0.5, 0.6) is 5.75 Å². The van der Waals surface area contributed by atoms with E-state index in [1.165, 1.54) is 23.4 Å². The number of esters is 1. The zero-order valence-electron chi connectivity index (χ0n) is 18.3. The van der Waals surface area contributed by atoms with E-state index in [-0.39, 0.29) is 25.0 Å². The lowest BCUT2D eigenvalue weighted by atomic mass is 10.0. The number of quaternary nitrogens is 1. The molecule has 0 bridgehead atoms. The molecule has 0 amide bonds. The molecular formula is C25H31ClNO4+. The number of likely N-dealkylation sites (N-methyl/N-ethyl adjacent to an activating group) is 1. The lowest BCUT2D eigenvalue weighted by molar-refractivity contribution is -0.893. The second-order valence-corrected chi connectivity index (χ2v) is 8.25. The van der Waals surface area contributed by atoms with Crippen molar-refractivity contribution in [3.8, 4) is 5.75 Å². The summed E-state index contributed by atoms with van der Waals surface area (Å²) in [7, 11) is 5.59. The molecule has 0 aliphatic heterocycles. The number of hydrogen-bond donors (Lipinski definition) is 1. The summed E-state index contributed by atoms with van der Waals surface area (Å²) in [6.45, 7) is 1.71. The average Bonchev–Trinajstić information content (AvgIpc) is 2.75. The van der Waals surface area contributed by atoms with Crippen molar-refractivity contribution in [3.63, 3.8) is 0 Å². The summed E-state index contributed by atoms with van der Waals surface area (Å²) in [4.78, 5) is 11.5. The first kappa shape index (κ1) is 24.7. The van der Waals surface area contributed by atoms with Crippen LogP contribution in [0, 0.1) is 0 Å². The highest BCUT2D eigenvalue weighted by molar-refractivity contribution is 5.89. The van der Waals surface area contributed by atoms with Crippen molar-refractivity contribution in [2.75, 3.05) is 40.9 Å². The van der Waals surface area contributed by atoms with Crippen LogP contribution in [-0.4, -0.2) is 62.6 Å². The summed E-state index contributed by atoms with van der Waals surface area (Å²) < 4.78 is 11.1. The van der Waals surface area contributed by atoms with Crippen molar-refractivity contribution < 1.29 is 23.9 Å². The van der Waals surface area contributed by atoms with Gasteiger partial charge >= 0.3 is 5.97 Å². The fourth-order valence-electron chi connectivity index (χ4n) is 3.54. The van der Waals surface area contributed by atoms with Crippen LogP contribution in [-0.2, 0) is 11.2 Å². The Morgan fingerprint density at radius 1 is 1.00 bits per heavy atom. The Hall–Kier alpha value is -2.60. The molecule has 0 radical (unpaired) electrons. The molecule has 6 heteroatoms. The van der Waals surface area contributed by atoms with Crippen molar-refractivity contribution in [1.82, 2.24) is 0 Å². The molecule has 3 aromatic carbocycles. The van der Waals surface area contributed by atoms with Crippen molar-refractivity contribution in [2.24, 2.45) is 0 Å². The topological polar surface area (TPSA) is 55.8 Å². The van der Waals surface area contributed by atoms with E-state index < -0.39 is 6.10 Å². The van der Waals surface area contributed by atoms with Crippen LogP contribution in [0.3, 0.4) is 0 Å². The molecule has 5 nitrogen and oxygen atoms in total. The maximum absolute atomic E-state index is 11.5. The third-order valence-corrected chi connectivity index (χ3v) is 5.24. The van der Waals surface area contributed by atoms with Gasteiger partial charge < -0.3 is 19.1 Å². The minimum atomic E-state index is -0.586. The Balaban J connectivity index is 0.00000341. The smallest absolute Gasteiger partial charge is 0.337 e. The second-order valence-electron chi connectivity index (χ2n) is 8.25. The molecule has 0 fully saturated rings. The van der Waals surface area contributed by atoms with Crippen LogP contribution in [0.1, 0.15) is 15.9 Å². The minimum absolute atomic E-state index is 0. The fraction of sp³-hybridized carbons (Fsp3) is 0.320. The summed E-state index contributed by atoms with van der Waals surface area (Å²) in [5.41, 5.74) is 1.77. The van der Waals surface area contributed by atoms with Gasteiger partial charge in [-0.2, -0.15) is 0 Å². The molecule has 0 heterocycles. The van der Waals surface area contributed by atoms with E-state index >= 15 is 0 Å². The Bertz CT molecular complexity index is 988. The predicted octanol–water partition coefficient (Wildman–Crippen LogP) is 4.11. The number of carbonyl (C=O) groups is 1. The van der Waals surface area contributed by atoms with Gasteiger partial charge in [0.1, 0.15) is 25.0 Å². The molecule has 0 saturated heterocycles. The fourth-order valence-corrected chi connectivity index (χ4v) is 3.54. The largest absolute Gasteiger partial charge is 0.491 e. The molecule has 0 spiro atoms. The molecule has 166 valence electrons. The average molecular weight is 445 g/mol. The van der Waals surface area contributed by atoms with Gasteiger partial charge in [-0.3, -0.25) is 0 Å². The summed E-state index contributed by atoms with van der Waals surface area (Å²) in [6.07, 6.45) is 0.359. The van der Waals surface area contributed by atoms with Crippen LogP contribution in [0.2, 0.25) is 0 Å². The molecule has 3 aromatic rings. The first-order valence-corrected chi connectivity index (χ1v) is 10.2. The summed E-state index contributed by atoms with van der Waals surface area (Å²) >= 11 is 0. The minimum Gasteiger partial charge on any atom is -0.491 e. The van der Waals surface area contributed by atoms with Crippen molar-refractivity contribution >= 4 is 29.1 Å². The van der Waals surface area contributed by atoms with Crippen LogP contribution in [0.15, 0.2) is 66.7 Å². The molecule has 3 rings (SSSR count). The lowest BCUT2D eigenvalue weighted by Gasteiger charge is -2.32. The van der Waals surface area contributed by atoms with Crippen LogP contribution in [0.25, 0.3) is 10.8 Å². The molecule has 1 atom stereocenters. The number of halogens is 1. The van der Waals surface area contributed by atoms with E-state index in [0.717, 1.165) is 13.0 Å². The van der Waals surface area contributed by atoms with Crippen molar-refractivity contribution in [1.29, 1.82) is 0 Å². The number of carbonyl (C=O) groups excluding carboxylic acids is 1. The Morgan fingerprint density at radius 3 is 2.35 bits per heavy atom. The number of hydrogen-bond acceptors (Lipinski definition) is 4. The van der Waals surface area contributed by atoms with Gasteiger partial charge in [-0.15, -0.1) is 12.4 Å². The van der Waals surface area contributed by atoms with Gasteiger partial charge in [0.05, 0.1) is 33.3 Å². The van der Waals surface area contributed by atoms with E-state index in [1.54, 1.807) is 24.3 Å². The summed E-state index contributed by atoms with van der Waals surface area (Å²) in [5.74, 6) is 0.232.